The Bertz CT molecular complexity index is 399. The number of carbonyl (C=O) groups excluding carboxylic acids is 1. The van der Waals surface area contributed by atoms with Gasteiger partial charge in [0, 0.05) is 24.8 Å². The highest BCUT2D eigenvalue weighted by Crippen LogP contribution is 2.25. The van der Waals surface area contributed by atoms with E-state index in [4.69, 9.17) is 0 Å². The third-order valence-electron chi connectivity index (χ3n) is 3.42. The predicted molar refractivity (Wildman–Crippen MR) is 73.2 cm³/mol. The Labute approximate surface area is 108 Å². The molecular formula is C14H19NOS. The molecule has 92 valence electrons. The summed E-state index contributed by atoms with van der Waals surface area (Å²) in [6.45, 7) is 5.72. The van der Waals surface area contributed by atoms with Crippen molar-refractivity contribution in [3.05, 3.63) is 35.4 Å². The predicted octanol–water partition coefficient (Wildman–Crippen LogP) is 2.66. The van der Waals surface area contributed by atoms with Crippen LogP contribution < -0.4 is 0 Å². The molecule has 1 aliphatic heterocycles. The van der Waals surface area contributed by atoms with Crippen molar-refractivity contribution >= 4 is 18.5 Å². The van der Waals surface area contributed by atoms with Crippen LogP contribution in [0.2, 0.25) is 0 Å². The van der Waals surface area contributed by atoms with Crippen LogP contribution in [0.4, 0.5) is 0 Å². The molecule has 0 aliphatic carbocycles. The molecule has 1 fully saturated rings. The number of hydrogen-bond donors (Lipinski definition) is 1. The van der Waals surface area contributed by atoms with Gasteiger partial charge in [-0.25, -0.2) is 0 Å². The van der Waals surface area contributed by atoms with Gasteiger partial charge in [0.05, 0.1) is 0 Å². The Hall–Kier alpha value is -0.960. The van der Waals surface area contributed by atoms with Gasteiger partial charge in [-0.2, -0.15) is 12.6 Å². The fraction of sp³-hybridized carbons (Fsp3) is 0.500. The highest BCUT2D eigenvalue weighted by molar-refractivity contribution is 7.80. The third-order valence-corrected chi connectivity index (χ3v) is 3.84. The zero-order valence-corrected chi connectivity index (χ0v) is 11.3. The number of likely N-dealkylation sites (tertiary alicyclic amines) is 1. The summed E-state index contributed by atoms with van der Waals surface area (Å²) in [5.74, 6) is 0.660. The normalized spacial score (nSPS) is 21.9. The average molecular weight is 249 g/mol. The van der Waals surface area contributed by atoms with E-state index in [9.17, 15) is 4.79 Å². The molecule has 3 heteroatoms. The van der Waals surface area contributed by atoms with Crippen molar-refractivity contribution in [3.63, 3.8) is 0 Å². The molecule has 2 unspecified atom stereocenters. The number of carbonyl (C=O) groups is 1. The molecule has 1 aromatic carbocycles. The molecule has 2 nitrogen and oxygen atoms in total. The van der Waals surface area contributed by atoms with Gasteiger partial charge in [0.1, 0.15) is 0 Å². The van der Waals surface area contributed by atoms with E-state index >= 15 is 0 Å². The Morgan fingerprint density at radius 1 is 1.41 bits per heavy atom. The summed E-state index contributed by atoms with van der Waals surface area (Å²) in [6.07, 6.45) is 0.649. The summed E-state index contributed by atoms with van der Waals surface area (Å²) in [4.78, 5) is 13.8. The van der Waals surface area contributed by atoms with Gasteiger partial charge >= 0.3 is 0 Å². The van der Waals surface area contributed by atoms with Gasteiger partial charge < -0.3 is 4.90 Å². The highest BCUT2D eigenvalue weighted by Gasteiger charge is 2.31. The second-order valence-corrected chi connectivity index (χ2v) is 5.78. The van der Waals surface area contributed by atoms with Gasteiger partial charge in [-0.15, -0.1) is 0 Å². The van der Waals surface area contributed by atoms with Crippen molar-refractivity contribution in [2.24, 2.45) is 5.92 Å². The maximum Gasteiger partial charge on any atom is 0.223 e. The molecule has 0 N–H and O–H groups in total. The smallest absolute Gasteiger partial charge is 0.223 e. The lowest BCUT2D eigenvalue weighted by Gasteiger charge is -2.18. The lowest BCUT2D eigenvalue weighted by Crippen LogP contribution is -2.25. The topological polar surface area (TPSA) is 20.3 Å². The van der Waals surface area contributed by atoms with Gasteiger partial charge in [0.15, 0.2) is 0 Å². The third kappa shape index (κ3) is 3.03. The Balaban J connectivity index is 2.00. The molecule has 1 amide bonds. The highest BCUT2D eigenvalue weighted by atomic mass is 32.1. The molecule has 0 bridgehead atoms. The molecule has 1 aromatic rings. The first kappa shape index (κ1) is 12.5. The summed E-state index contributed by atoms with van der Waals surface area (Å²) in [5.41, 5.74) is 2.46. The Kier molecular flexibility index (Phi) is 3.77. The van der Waals surface area contributed by atoms with Crippen LogP contribution in [0.25, 0.3) is 0 Å². The summed E-state index contributed by atoms with van der Waals surface area (Å²) >= 11 is 4.44. The lowest BCUT2D eigenvalue weighted by molar-refractivity contribution is -0.128. The molecule has 0 spiro atoms. The summed E-state index contributed by atoms with van der Waals surface area (Å²) in [5, 5.41) is 0.293. The number of rotatable bonds is 3. The number of hydrogen-bond acceptors (Lipinski definition) is 2. The standard InChI is InChI=1S/C14H19NOS/c1-10-3-5-12(6-4-10)8-15-9-13(11(2)17)7-14(15)16/h3-6,11,13,17H,7-9H2,1-2H3. The van der Waals surface area contributed by atoms with Crippen molar-refractivity contribution in [2.75, 3.05) is 6.54 Å². The second-order valence-electron chi connectivity index (χ2n) is 4.96. The van der Waals surface area contributed by atoms with Crippen molar-refractivity contribution in [1.82, 2.24) is 4.90 Å². The number of benzene rings is 1. The number of amides is 1. The van der Waals surface area contributed by atoms with Crippen LogP contribution >= 0.6 is 12.6 Å². The minimum atomic E-state index is 0.261. The molecular weight excluding hydrogens is 230 g/mol. The average Bonchev–Trinajstić information content (AvgIpc) is 2.64. The van der Waals surface area contributed by atoms with Gasteiger partial charge in [-0.1, -0.05) is 36.8 Å². The van der Waals surface area contributed by atoms with E-state index in [1.54, 1.807) is 0 Å². The minimum Gasteiger partial charge on any atom is -0.338 e. The van der Waals surface area contributed by atoms with E-state index in [0.29, 0.717) is 17.6 Å². The molecule has 17 heavy (non-hydrogen) atoms. The van der Waals surface area contributed by atoms with E-state index < -0.39 is 0 Å². The van der Waals surface area contributed by atoms with Crippen molar-refractivity contribution in [2.45, 2.75) is 32.1 Å². The number of aryl methyl sites for hydroxylation is 1. The summed E-state index contributed by atoms with van der Waals surface area (Å²) < 4.78 is 0. The zero-order chi connectivity index (χ0) is 12.4. The lowest BCUT2D eigenvalue weighted by atomic mass is 10.1. The van der Waals surface area contributed by atoms with Crippen molar-refractivity contribution in [1.29, 1.82) is 0 Å². The zero-order valence-electron chi connectivity index (χ0n) is 10.4. The first-order valence-electron chi connectivity index (χ1n) is 6.07. The molecule has 1 saturated heterocycles. The maximum absolute atomic E-state index is 11.9. The number of nitrogens with zero attached hydrogens (tertiary/aromatic N) is 1. The molecule has 2 rings (SSSR count). The van der Waals surface area contributed by atoms with Gasteiger partial charge in [-0.3, -0.25) is 4.79 Å². The van der Waals surface area contributed by atoms with Crippen LogP contribution in [0, 0.1) is 12.8 Å². The maximum atomic E-state index is 11.9. The molecule has 2 atom stereocenters. The van der Waals surface area contributed by atoms with Gasteiger partial charge in [0.2, 0.25) is 5.91 Å². The van der Waals surface area contributed by atoms with Crippen molar-refractivity contribution < 1.29 is 4.79 Å². The fourth-order valence-corrected chi connectivity index (χ4v) is 2.39. The van der Waals surface area contributed by atoms with E-state index in [-0.39, 0.29) is 5.91 Å². The quantitative estimate of drug-likeness (QED) is 0.817. The SMILES string of the molecule is Cc1ccc(CN2CC(C(C)S)CC2=O)cc1. The monoisotopic (exact) mass is 249 g/mol. The van der Waals surface area contributed by atoms with Gasteiger partial charge in [0.25, 0.3) is 0 Å². The van der Waals surface area contributed by atoms with Gasteiger partial charge in [-0.05, 0) is 18.4 Å². The van der Waals surface area contributed by atoms with Crippen LogP contribution in [-0.4, -0.2) is 22.6 Å². The van der Waals surface area contributed by atoms with E-state index in [0.717, 1.165) is 13.1 Å². The van der Waals surface area contributed by atoms with Crippen LogP contribution in [0.1, 0.15) is 24.5 Å². The van der Waals surface area contributed by atoms with Crippen LogP contribution in [0.15, 0.2) is 24.3 Å². The Morgan fingerprint density at radius 3 is 2.59 bits per heavy atom. The second kappa shape index (κ2) is 5.13. The van der Waals surface area contributed by atoms with E-state index in [2.05, 4.69) is 50.7 Å². The van der Waals surface area contributed by atoms with Crippen LogP contribution in [0.3, 0.4) is 0 Å². The molecule has 0 aromatic heterocycles. The van der Waals surface area contributed by atoms with E-state index in [1.165, 1.54) is 11.1 Å². The van der Waals surface area contributed by atoms with Crippen LogP contribution in [0.5, 0.6) is 0 Å². The van der Waals surface area contributed by atoms with Crippen LogP contribution in [-0.2, 0) is 11.3 Å². The number of thiol groups is 1. The summed E-state index contributed by atoms with van der Waals surface area (Å²) in [7, 11) is 0. The van der Waals surface area contributed by atoms with Crippen molar-refractivity contribution in [3.8, 4) is 0 Å². The summed E-state index contributed by atoms with van der Waals surface area (Å²) in [6, 6.07) is 8.38. The molecule has 0 radical (unpaired) electrons. The largest absolute Gasteiger partial charge is 0.338 e. The first-order chi connectivity index (χ1) is 8.06. The molecule has 0 saturated carbocycles. The molecule has 1 heterocycles. The minimum absolute atomic E-state index is 0.261. The van der Waals surface area contributed by atoms with E-state index in [1.807, 2.05) is 4.90 Å². The fourth-order valence-electron chi connectivity index (χ4n) is 2.19. The molecule has 1 aliphatic rings. The first-order valence-corrected chi connectivity index (χ1v) is 6.59. The Morgan fingerprint density at radius 2 is 2.06 bits per heavy atom.